The molecule has 0 spiro atoms. The Hall–Kier alpha value is -2.76. The molecule has 0 aliphatic carbocycles. The van der Waals surface area contributed by atoms with Crippen LogP contribution in [0.3, 0.4) is 0 Å². The number of rotatable bonds is 4. The number of hydrogen-bond donors (Lipinski definition) is 0. The first-order valence-corrected chi connectivity index (χ1v) is 10.9. The predicted octanol–water partition coefficient (Wildman–Crippen LogP) is 6.22. The zero-order chi connectivity index (χ0) is 19.3. The highest BCUT2D eigenvalue weighted by Gasteiger charge is 2.28. The molecule has 0 saturated heterocycles. The third-order valence-corrected chi connectivity index (χ3v) is 5.96. The zero-order valence-corrected chi connectivity index (χ0v) is 16.9. The number of hydrogen-bond acceptors (Lipinski definition) is 4. The molecule has 0 N–H and O–H groups in total. The minimum Gasteiger partial charge on any atom is -0.289 e. The van der Waals surface area contributed by atoms with E-state index in [0.717, 1.165) is 16.9 Å². The van der Waals surface area contributed by atoms with Gasteiger partial charge in [0.2, 0.25) is 0 Å². The number of nitrogens with zero attached hydrogens (tertiary/aromatic N) is 2. The molecule has 1 aliphatic rings. The fraction of sp³-hybridized carbons (Fsp3) is 0.0435. The number of amides is 1. The van der Waals surface area contributed by atoms with Crippen LogP contribution >= 0.6 is 23.5 Å². The second-order valence-electron chi connectivity index (χ2n) is 6.09. The van der Waals surface area contributed by atoms with E-state index in [4.69, 9.17) is 0 Å². The van der Waals surface area contributed by atoms with Gasteiger partial charge >= 0.3 is 0 Å². The van der Waals surface area contributed by atoms with Crippen LogP contribution in [0.4, 0.5) is 11.4 Å². The van der Waals surface area contributed by atoms with Crippen molar-refractivity contribution in [2.24, 2.45) is 4.99 Å². The fourth-order valence-corrected chi connectivity index (χ4v) is 4.23. The Bertz CT molecular complexity index is 990. The average Bonchev–Trinajstić information content (AvgIpc) is 3.10. The topological polar surface area (TPSA) is 32.7 Å². The highest BCUT2D eigenvalue weighted by Crippen LogP contribution is 2.36. The van der Waals surface area contributed by atoms with Crippen molar-refractivity contribution in [3.63, 3.8) is 0 Å². The van der Waals surface area contributed by atoms with Crippen molar-refractivity contribution < 1.29 is 4.79 Å². The first kappa shape index (κ1) is 18.6. The molecule has 1 heterocycles. The molecule has 3 nitrogen and oxygen atoms in total. The lowest BCUT2D eigenvalue weighted by Gasteiger charge is -2.23. The van der Waals surface area contributed by atoms with Crippen molar-refractivity contribution >= 4 is 52.0 Å². The summed E-state index contributed by atoms with van der Waals surface area (Å²) in [5.74, 6) is -0.203. The van der Waals surface area contributed by atoms with E-state index in [1.165, 1.54) is 16.7 Å². The maximum Gasteiger partial charge on any atom is 0.286 e. The second-order valence-corrected chi connectivity index (χ2v) is 7.98. The maximum absolute atomic E-state index is 12.6. The lowest BCUT2D eigenvalue weighted by Crippen LogP contribution is -2.21. The lowest BCUT2D eigenvalue weighted by molar-refractivity contribution is -0.113. The molecule has 0 aromatic heterocycles. The van der Waals surface area contributed by atoms with Gasteiger partial charge in [0.15, 0.2) is 5.17 Å². The van der Waals surface area contributed by atoms with Crippen molar-refractivity contribution in [2.45, 2.75) is 4.90 Å². The molecule has 0 radical (unpaired) electrons. The fourth-order valence-electron chi connectivity index (χ4n) is 2.87. The van der Waals surface area contributed by atoms with Gasteiger partial charge in [-0.15, -0.1) is 11.8 Å². The van der Waals surface area contributed by atoms with E-state index in [1.807, 2.05) is 90.0 Å². The number of para-hydroxylation sites is 2. The number of amidine groups is 1. The molecule has 0 unspecified atom stereocenters. The molecule has 1 aliphatic heterocycles. The van der Waals surface area contributed by atoms with Gasteiger partial charge in [0.1, 0.15) is 0 Å². The summed E-state index contributed by atoms with van der Waals surface area (Å²) < 4.78 is 0. The highest BCUT2D eigenvalue weighted by atomic mass is 32.2. The molecule has 5 heteroatoms. The van der Waals surface area contributed by atoms with Gasteiger partial charge in [-0.25, -0.2) is 0 Å². The first-order chi connectivity index (χ1) is 13.7. The molecule has 138 valence electrons. The van der Waals surface area contributed by atoms with Gasteiger partial charge in [0, 0.05) is 16.3 Å². The minimum atomic E-state index is -0.203. The van der Waals surface area contributed by atoms with Crippen LogP contribution in [-0.2, 0) is 4.79 Å². The van der Waals surface area contributed by atoms with Crippen LogP contribution in [0.25, 0.3) is 6.08 Å². The van der Waals surface area contributed by atoms with Gasteiger partial charge in [-0.1, -0.05) is 48.5 Å². The standard InChI is InChI=1S/C23H18N2OS2/c1-27-20-14-12-17(13-15-20)16-21-22(26)24-23(28-21)25(18-8-4-2-5-9-18)19-10-6-3-7-11-19/h2-16H,1H3/b21-16+. The monoisotopic (exact) mass is 402 g/mol. The molecule has 0 saturated carbocycles. The Morgan fingerprint density at radius 3 is 1.96 bits per heavy atom. The van der Waals surface area contributed by atoms with Crippen molar-refractivity contribution in [1.82, 2.24) is 0 Å². The van der Waals surface area contributed by atoms with Crippen molar-refractivity contribution in [3.8, 4) is 0 Å². The quantitative estimate of drug-likeness (QED) is 0.383. The molecule has 3 aromatic carbocycles. The normalized spacial score (nSPS) is 15.0. The third-order valence-electron chi connectivity index (χ3n) is 4.24. The summed E-state index contributed by atoms with van der Waals surface area (Å²) >= 11 is 3.10. The molecule has 3 aromatic rings. The summed E-state index contributed by atoms with van der Waals surface area (Å²) in [6, 6.07) is 28.1. The molecule has 0 bridgehead atoms. The van der Waals surface area contributed by atoms with Crippen LogP contribution < -0.4 is 4.90 Å². The Morgan fingerprint density at radius 1 is 0.857 bits per heavy atom. The number of carbonyl (C=O) groups excluding carboxylic acids is 1. The molecule has 4 rings (SSSR count). The molecular formula is C23H18N2OS2. The van der Waals surface area contributed by atoms with E-state index in [0.29, 0.717) is 10.1 Å². The number of aliphatic imine (C=N–C) groups is 1. The molecule has 0 atom stereocenters. The van der Waals surface area contributed by atoms with Crippen LogP contribution in [0.1, 0.15) is 5.56 Å². The van der Waals surface area contributed by atoms with Gasteiger partial charge in [-0.3, -0.25) is 9.69 Å². The van der Waals surface area contributed by atoms with E-state index in [1.54, 1.807) is 11.8 Å². The Morgan fingerprint density at radius 2 is 1.43 bits per heavy atom. The highest BCUT2D eigenvalue weighted by molar-refractivity contribution is 8.18. The number of benzene rings is 3. The van der Waals surface area contributed by atoms with Crippen LogP contribution in [0, 0.1) is 0 Å². The molecule has 1 amide bonds. The van der Waals surface area contributed by atoms with Gasteiger partial charge in [0.25, 0.3) is 5.91 Å². The summed E-state index contributed by atoms with van der Waals surface area (Å²) in [6.07, 6.45) is 3.95. The first-order valence-electron chi connectivity index (χ1n) is 8.81. The van der Waals surface area contributed by atoms with Gasteiger partial charge < -0.3 is 0 Å². The number of carbonyl (C=O) groups is 1. The summed E-state index contributed by atoms with van der Waals surface area (Å²) in [7, 11) is 0. The Labute approximate surface area is 173 Å². The summed E-state index contributed by atoms with van der Waals surface area (Å²) in [5.41, 5.74) is 2.94. The lowest BCUT2D eigenvalue weighted by atomic mass is 10.2. The van der Waals surface area contributed by atoms with E-state index in [2.05, 4.69) is 17.1 Å². The van der Waals surface area contributed by atoms with Crippen LogP contribution in [-0.4, -0.2) is 17.3 Å². The largest absolute Gasteiger partial charge is 0.289 e. The summed E-state index contributed by atoms with van der Waals surface area (Å²) in [5, 5.41) is 0.661. The van der Waals surface area contributed by atoms with E-state index in [-0.39, 0.29) is 5.91 Å². The predicted molar refractivity (Wildman–Crippen MR) is 121 cm³/mol. The maximum atomic E-state index is 12.6. The van der Waals surface area contributed by atoms with Gasteiger partial charge in [-0.05, 0) is 66.1 Å². The zero-order valence-electron chi connectivity index (χ0n) is 15.3. The van der Waals surface area contributed by atoms with Crippen molar-refractivity contribution in [2.75, 3.05) is 11.2 Å². The van der Waals surface area contributed by atoms with E-state index < -0.39 is 0 Å². The third kappa shape index (κ3) is 4.06. The Kier molecular flexibility index (Phi) is 5.65. The minimum absolute atomic E-state index is 0.203. The van der Waals surface area contributed by atoms with E-state index in [9.17, 15) is 4.79 Å². The Balaban J connectivity index is 1.66. The van der Waals surface area contributed by atoms with Crippen molar-refractivity contribution in [3.05, 3.63) is 95.4 Å². The van der Waals surface area contributed by atoms with Crippen LogP contribution in [0.15, 0.2) is 99.7 Å². The van der Waals surface area contributed by atoms with Crippen molar-refractivity contribution in [1.29, 1.82) is 0 Å². The van der Waals surface area contributed by atoms with Crippen LogP contribution in [0.5, 0.6) is 0 Å². The second kappa shape index (κ2) is 8.50. The van der Waals surface area contributed by atoms with Gasteiger partial charge in [0.05, 0.1) is 4.91 Å². The average molecular weight is 403 g/mol. The van der Waals surface area contributed by atoms with Crippen LogP contribution in [0.2, 0.25) is 0 Å². The van der Waals surface area contributed by atoms with E-state index >= 15 is 0 Å². The smallest absolute Gasteiger partial charge is 0.286 e. The van der Waals surface area contributed by atoms with Gasteiger partial charge in [-0.2, -0.15) is 4.99 Å². The SMILES string of the molecule is CSc1ccc(/C=C2/SC(N(c3ccccc3)c3ccccc3)=NC2=O)cc1. The molecular weight excluding hydrogens is 384 g/mol. The summed E-state index contributed by atoms with van der Waals surface area (Å²) in [4.78, 5) is 20.8. The molecule has 28 heavy (non-hydrogen) atoms. The number of thioether (sulfide) groups is 2. The summed E-state index contributed by atoms with van der Waals surface area (Å²) in [6.45, 7) is 0. The molecule has 0 fully saturated rings. The number of anilines is 2.